The number of hydrogen-bond acceptors (Lipinski definition) is 4. The Morgan fingerprint density at radius 2 is 2.06 bits per heavy atom. The standard InChI is InChI=1S/C10H13N3O2Si/c1-16(2,3)5-4-8-6-12-7-9(10(8)11)13(14)15/h6-7H,1-3H3,(H2,11,12). The van der Waals surface area contributed by atoms with Gasteiger partial charge in [0.1, 0.15) is 20.0 Å². The molecular formula is C10H13N3O2Si. The molecule has 6 heteroatoms. The van der Waals surface area contributed by atoms with Gasteiger partial charge in [0, 0.05) is 6.20 Å². The van der Waals surface area contributed by atoms with Crippen LogP contribution in [0.5, 0.6) is 0 Å². The highest BCUT2D eigenvalue weighted by atomic mass is 28.3. The summed E-state index contributed by atoms with van der Waals surface area (Å²) >= 11 is 0. The second kappa shape index (κ2) is 4.33. The monoisotopic (exact) mass is 235 g/mol. The Kier molecular flexibility index (Phi) is 3.30. The first-order valence-corrected chi connectivity index (χ1v) is 8.22. The van der Waals surface area contributed by atoms with Gasteiger partial charge in [0.2, 0.25) is 0 Å². The molecule has 16 heavy (non-hydrogen) atoms. The second-order valence-electron chi connectivity index (χ2n) is 4.38. The summed E-state index contributed by atoms with van der Waals surface area (Å²) in [5.74, 6) is 2.87. The van der Waals surface area contributed by atoms with Crippen LogP contribution in [0.2, 0.25) is 19.6 Å². The van der Waals surface area contributed by atoms with E-state index in [4.69, 9.17) is 5.73 Å². The molecule has 5 nitrogen and oxygen atoms in total. The molecule has 1 heterocycles. The van der Waals surface area contributed by atoms with Gasteiger partial charge in [-0.25, -0.2) is 0 Å². The van der Waals surface area contributed by atoms with Gasteiger partial charge in [-0.3, -0.25) is 15.1 Å². The molecule has 0 aromatic carbocycles. The van der Waals surface area contributed by atoms with E-state index in [0.29, 0.717) is 5.56 Å². The van der Waals surface area contributed by atoms with Gasteiger partial charge < -0.3 is 5.73 Å². The van der Waals surface area contributed by atoms with Gasteiger partial charge in [-0.2, -0.15) is 0 Å². The van der Waals surface area contributed by atoms with Crippen molar-refractivity contribution in [2.75, 3.05) is 5.73 Å². The molecule has 2 N–H and O–H groups in total. The lowest BCUT2D eigenvalue weighted by atomic mass is 10.2. The first-order valence-electron chi connectivity index (χ1n) is 4.72. The van der Waals surface area contributed by atoms with E-state index in [1.165, 1.54) is 6.20 Å². The fraction of sp³-hybridized carbons (Fsp3) is 0.300. The number of nitrogens with zero attached hydrogens (tertiary/aromatic N) is 2. The van der Waals surface area contributed by atoms with Crippen LogP contribution in [0.25, 0.3) is 0 Å². The minimum Gasteiger partial charge on any atom is -0.392 e. The average molecular weight is 235 g/mol. The first kappa shape index (κ1) is 12.2. The van der Waals surface area contributed by atoms with E-state index in [-0.39, 0.29) is 11.4 Å². The van der Waals surface area contributed by atoms with E-state index in [9.17, 15) is 10.1 Å². The number of pyridine rings is 1. The van der Waals surface area contributed by atoms with Crippen molar-refractivity contribution in [1.29, 1.82) is 0 Å². The summed E-state index contributed by atoms with van der Waals surface area (Å²) in [6.07, 6.45) is 2.59. The molecule has 1 aromatic rings. The van der Waals surface area contributed by atoms with Crippen molar-refractivity contribution in [2.45, 2.75) is 19.6 Å². The van der Waals surface area contributed by atoms with Gasteiger partial charge in [0.25, 0.3) is 0 Å². The summed E-state index contributed by atoms with van der Waals surface area (Å²) < 4.78 is 0. The zero-order valence-electron chi connectivity index (χ0n) is 9.44. The predicted molar refractivity (Wildman–Crippen MR) is 65.5 cm³/mol. The minimum atomic E-state index is -1.52. The Morgan fingerprint density at radius 1 is 1.44 bits per heavy atom. The third-order valence-electron chi connectivity index (χ3n) is 1.74. The fourth-order valence-corrected chi connectivity index (χ4v) is 1.47. The van der Waals surface area contributed by atoms with Crippen LogP contribution in [-0.4, -0.2) is 18.0 Å². The molecule has 0 aliphatic heterocycles. The number of anilines is 1. The van der Waals surface area contributed by atoms with Crippen molar-refractivity contribution in [3.05, 3.63) is 28.1 Å². The number of rotatable bonds is 1. The summed E-state index contributed by atoms with van der Waals surface area (Å²) in [5.41, 5.74) is 9.06. The molecule has 0 unspecified atom stereocenters. The van der Waals surface area contributed by atoms with E-state index >= 15 is 0 Å². The van der Waals surface area contributed by atoms with Crippen LogP contribution < -0.4 is 5.73 Å². The summed E-state index contributed by atoms with van der Waals surface area (Å²) in [7, 11) is -1.52. The molecule has 0 aliphatic carbocycles. The Labute approximate surface area is 94.8 Å². The minimum absolute atomic E-state index is 0.0887. The van der Waals surface area contributed by atoms with Crippen molar-refractivity contribution in [1.82, 2.24) is 4.98 Å². The zero-order chi connectivity index (χ0) is 12.3. The lowest BCUT2D eigenvalue weighted by Gasteiger charge is -2.04. The maximum absolute atomic E-state index is 10.6. The summed E-state index contributed by atoms with van der Waals surface area (Å²) in [6, 6.07) is 0. The summed E-state index contributed by atoms with van der Waals surface area (Å²) in [6.45, 7) is 6.25. The van der Waals surface area contributed by atoms with Crippen molar-refractivity contribution >= 4 is 19.4 Å². The van der Waals surface area contributed by atoms with Gasteiger partial charge in [0.05, 0.1) is 10.5 Å². The van der Waals surface area contributed by atoms with Crippen LogP contribution in [-0.2, 0) is 0 Å². The highest BCUT2D eigenvalue weighted by Gasteiger charge is 2.14. The topological polar surface area (TPSA) is 82.0 Å². The Hall–Kier alpha value is -1.87. The third-order valence-corrected chi connectivity index (χ3v) is 2.61. The Bertz CT molecular complexity index is 483. The molecule has 0 amide bonds. The van der Waals surface area contributed by atoms with Crippen LogP contribution in [0, 0.1) is 21.6 Å². The average Bonchev–Trinajstić information content (AvgIpc) is 2.14. The van der Waals surface area contributed by atoms with Crippen molar-refractivity contribution < 1.29 is 4.92 Å². The highest BCUT2D eigenvalue weighted by Crippen LogP contribution is 2.22. The van der Waals surface area contributed by atoms with E-state index < -0.39 is 13.0 Å². The third kappa shape index (κ3) is 3.07. The number of nitrogens with two attached hydrogens (primary N) is 1. The van der Waals surface area contributed by atoms with Crippen LogP contribution in [0.1, 0.15) is 5.56 Å². The van der Waals surface area contributed by atoms with Crippen LogP contribution in [0.4, 0.5) is 11.4 Å². The van der Waals surface area contributed by atoms with Crippen molar-refractivity contribution in [3.63, 3.8) is 0 Å². The second-order valence-corrected chi connectivity index (χ2v) is 9.13. The molecule has 0 saturated carbocycles. The molecule has 1 aromatic heterocycles. The quantitative estimate of drug-likeness (QED) is 0.348. The van der Waals surface area contributed by atoms with Gasteiger partial charge >= 0.3 is 5.69 Å². The Morgan fingerprint density at radius 3 is 2.56 bits per heavy atom. The van der Waals surface area contributed by atoms with Gasteiger partial charge in [0.15, 0.2) is 0 Å². The van der Waals surface area contributed by atoms with Gasteiger partial charge in [-0.05, 0) is 0 Å². The molecule has 0 spiro atoms. The van der Waals surface area contributed by atoms with Crippen molar-refractivity contribution in [3.8, 4) is 11.5 Å². The molecule has 0 bridgehead atoms. The summed E-state index contributed by atoms with van der Waals surface area (Å²) in [4.78, 5) is 13.8. The summed E-state index contributed by atoms with van der Waals surface area (Å²) in [5, 5.41) is 10.6. The number of nitrogen functional groups attached to an aromatic ring is 1. The van der Waals surface area contributed by atoms with Gasteiger partial charge in [-0.15, -0.1) is 5.54 Å². The largest absolute Gasteiger partial charge is 0.392 e. The van der Waals surface area contributed by atoms with E-state index in [0.717, 1.165) is 6.20 Å². The molecule has 0 radical (unpaired) electrons. The molecule has 1 rings (SSSR count). The lowest BCUT2D eigenvalue weighted by Crippen LogP contribution is -2.16. The molecule has 0 atom stereocenters. The maximum atomic E-state index is 10.6. The SMILES string of the molecule is C[Si](C)(C)C#Cc1cncc([N+](=O)[O-])c1N. The zero-order valence-corrected chi connectivity index (χ0v) is 10.4. The Balaban J connectivity index is 3.20. The lowest BCUT2D eigenvalue weighted by molar-refractivity contribution is -0.384. The first-order chi connectivity index (χ1) is 7.31. The van der Waals surface area contributed by atoms with Crippen LogP contribution in [0.15, 0.2) is 12.4 Å². The molecule has 0 fully saturated rings. The fourth-order valence-electron chi connectivity index (χ4n) is 0.959. The predicted octanol–water partition coefficient (Wildman–Crippen LogP) is 1.80. The molecule has 0 aliphatic rings. The number of nitro groups is 1. The van der Waals surface area contributed by atoms with E-state index in [1.54, 1.807) is 0 Å². The van der Waals surface area contributed by atoms with Gasteiger partial charge in [-0.1, -0.05) is 25.6 Å². The highest BCUT2D eigenvalue weighted by molar-refractivity contribution is 6.83. The molecule has 0 saturated heterocycles. The van der Waals surface area contributed by atoms with E-state index in [1.807, 2.05) is 0 Å². The molecular weight excluding hydrogens is 222 g/mol. The smallest absolute Gasteiger partial charge is 0.311 e. The maximum Gasteiger partial charge on any atom is 0.311 e. The van der Waals surface area contributed by atoms with Crippen LogP contribution >= 0.6 is 0 Å². The number of hydrogen-bond donors (Lipinski definition) is 1. The van der Waals surface area contributed by atoms with Crippen molar-refractivity contribution in [2.24, 2.45) is 0 Å². The van der Waals surface area contributed by atoms with Crippen LogP contribution in [0.3, 0.4) is 0 Å². The number of aromatic nitrogens is 1. The molecule has 84 valence electrons. The normalized spacial score (nSPS) is 10.4. The van der Waals surface area contributed by atoms with E-state index in [2.05, 4.69) is 36.1 Å².